The molecular weight excluding hydrogens is 444 g/mol. The normalized spacial score (nSPS) is 11.0. The maximum Gasteiger partial charge on any atom is 0.238 e. The maximum absolute atomic E-state index is 11.6. The van der Waals surface area contributed by atoms with Crippen molar-refractivity contribution < 1.29 is 8.42 Å². The second-order valence-corrected chi connectivity index (χ2v) is 8.91. The highest BCUT2D eigenvalue weighted by molar-refractivity contribution is 7.98. The lowest BCUT2D eigenvalue weighted by Crippen LogP contribution is -2.13. The Morgan fingerprint density at radius 3 is 2.60 bits per heavy atom. The van der Waals surface area contributed by atoms with Crippen molar-refractivity contribution in [1.29, 1.82) is 5.26 Å². The third-order valence-electron chi connectivity index (χ3n) is 4.07. The minimum absolute atomic E-state index is 0.0554. The molecule has 1 heterocycles. The molecule has 0 saturated heterocycles. The number of hydrogen-bond acceptors (Lipinski definition) is 8. The molecule has 0 aliphatic rings. The van der Waals surface area contributed by atoms with Gasteiger partial charge in [-0.2, -0.15) is 5.26 Å². The van der Waals surface area contributed by atoms with Gasteiger partial charge in [0.25, 0.3) is 0 Å². The molecule has 0 amide bonds. The van der Waals surface area contributed by atoms with Crippen molar-refractivity contribution in [1.82, 2.24) is 9.97 Å². The summed E-state index contributed by atoms with van der Waals surface area (Å²) in [5.41, 5.74) is 1.84. The number of anilines is 3. The van der Waals surface area contributed by atoms with Gasteiger partial charge in [-0.25, -0.2) is 23.5 Å². The summed E-state index contributed by atoms with van der Waals surface area (Å²) in [7, 11) is -3.79. The summed E-state index contributed by atoms with van der Waals surface area (Å²) < 4.78 is 23.3. The summed E-state index contributed by atoms with van der Waals surface area (Å²) in [5, 5.41) is 20.8. The van der Waals surface area contributed by atoms with Gasteiger partial charge in [-0.05, 0) is 48.2 Å². The van der Waals surface area contributed by atoms with Crippen molar-refractivity contribution in [2.45, 2.75) is 16.3 Å². The van der Waals surface area contributed by atoms with Crippen LogP contribution in [0.3, 0.4) is 0 Å². The summed E-state index contributed by atoms with van der Waals surface area (Å²) >= 11 is 7.56. The fraction of sp³-hybridized carbons (Fsp3) is 0.105. The fourth-order valence-corrected chi connectivity index (χ4v) is 3.99. The number of benzene rings is 2. The Hall–Kier alpha value is -2.84. The molecule has 0 bridgehead atoms. The zero-order chi connectivity index (χ0) is 21.7. The third kappa shape index (κ3) is 5.40. The van der Waals surface area contributed by atoms with Crippen molar-refractivity contribution in [2.24, 2.45) is 5.14 Å². The predicted octanol–water partition coefficient (Wildman–Crippen LogP) is 3.73. The maximum atomic E-state index is 11.6. The number of rotatable bonds is 7. The molecule has 0 aliphatic heterocycles. The molecule has 0 unspecified atom stereocenters. The number of sulfonamides is 1. The van der Waals surface area contributed by atoms with Crippen LogP contribution in [-0.4, -0.2) is 24.6 Å². The molecule has 2 aromatic carbocycles. The topological polar surface area (TPSA) is 134 Å². The highest BCUT2D eigenvalue weighted by atomic mass is 35.5. The van der Waals surface area contributed by atoms with E-state index >= 15 is 0 Å². The lowest BCUT2D eigenvalue weighted by Gasteiger charge is -2.12. The average molecular weight is 461 g/mol. The summed E-state index contributed by atoms with van der Waals surface area (Å²) in [4.78, 5) is 9.34. The minimum atomic E-state index is -3.79. The molecule has 8 nitrogen and oxygen atoms in total. The van der Waals surface area contributed by atoms with Gasteiger partial charge in [0, 0.05) is 23.2 Å². The van der Waals surface area contributed by atoms with E-state index in [0.29, 0.717) is 34.5 Å². The molecule has 0 saturated carbocycles. The third-order valence-corrected chi connectivity index (χ3v) is 6.13. The minimum Gasteiger partial charge on any atom is -0.366 e. The number of primary sulfonamides is 1. The number of nitrogens with two attached hydrogens (primary N) is 1. The van der Waals surface area contributed by atoms with Crippen LogP contribution in [-0.2, 0) is 16.6 Å². The molecule has 11 heteroatoms. The molecule has 0 atom stereocenters. The van der Waals surface area contributed by atoms with E-state index in [0.717, 1.165) is 10.5 Å². The van der Waals surface area contributed by atoms with Crippen molar-refractivity contribution in [2.75, 3.05) is 16.9 Å². The standard InChI is InChI=1S/C19H17ClN6O2S2/c1-29-17-5-4-15(30(22,27)28)6-13(17)10-23-18-8-19(25-11-24-18)26-14-3-2-12(9-21)16(20)7-14/h2-8,11H,10H2,1H3,(H2,22,27,28)(H2,23,24,25,26). The van der Waals surface area contributed by atoms with E-state index in [1.165, 1.54) is 24.2 Å². The van der Waals surface area contributed by atoms with Crippen LogP contribution in [0.15, 0.2) is 58.6 Å². The van der Waals surface area contributed by atoms with Gasteiger partial charge in [0.15, 0.2) is 0 Å². The lowest BCUT2D eigenvalue weighted by molar-refractivity contribution is 0.597. The smallest absolute Gasteiger partial charge is 0.238 e. The average Bonchev–Trinajstić information content (AvgIpc) is 2.72. The van der Waals surface area contributed by atoms with Crippen LogP contribution in [0.5, 0.6) is 0 Å². The van der Waals surface area contributed by atoms with Crippen molar-refractivity contribution in [3.63, 3.8) is 0 Å². The molecule has 0 radical (unpaired) electrons. The van der Waals surface area contributed by atoms with Gasteiger partial charge in [0.05, 0.1) is 15.5 Å². The fourth-order valence-electron chi connectivity index (χ4n) is 2.61. The summed E-state index contributed by atoms with van der Waals surface area (Å²) in [5.74, 6) is 1.07. The Morgan fingerprint density at radius 2 is 1.93 bits per heavy atom. The quantitative estimate of drug-likeness (QED) is 0.454. The van der Waals surface area contributed by atoms with Crippen LogP contribution in [0.1, 0.15) is 11.1 Å². The molecule has 3 aromatic rings. The van der Waals surface area contributed by atoms with Gasteiger partial charge < -0.3 is 10.6 Å². The molecule has 0 spiro atoms. The van der Waals surface area contributed by atoms with E-state index < -0.39 is 10.0 Å². The van der Waals surface area contributed by atoms with Crippen LogP contribution in [0, 0.1) is 11.3 Å². The molecule has 1 aromatic heterocycles. The second-order valence-electron chi connectivity index (χ2n) is 6.09. The van der Waals surface area contributed by atoms with Gasteiger partial charge in [-0.3, -0.25) is 0 Å². The van der Waals surface area contributed by atoms with E-state index in [-0.39, 0.29) is 4.90 Å². The number of thioether (sulfide) groups is 1. The van der Waals surface area contributed by atoms with Crippen molar-refractivity contribution in [3.05, 3.63) is 64.9 Å². The lowest BCUT2D eigenvalue weighted by atomic mass is 10.2. The van der Waals surface area contributed by atoms with E-state index in [2.05, 4.69) is 20.6 Å². The Bertz CT molecular complexity index is 1230. The predicted molar refractivity (Wildman–Crippen MR) is 118 cm³/mol. The van der Waals surface area contributed by atoms with Crippen LogP contribution in [0.4, 0.5) is 17.3 Å². The Kier molecular flexibility index (Phi) is 6.79. The Morgan fingerprint density at radius 1 is 1.17 bits per heavy atom. The van der Waals surface area contributed by atoms with Crippen LogP contribution >= 0.6 is 23.4 Å². The number of nitrogens with one attached hydrogen (secondary N) is 2. The zero-order valence-electron chi connectivity index (χ0n) is 15.8. The molecule has 0 fully saturated rings. The van der Waals surface area contributed by atoms with Gasteiger partial charge in [-0.1, -0.05) is 11.6 Å². The Balaban J connectivity index is 1.76. The first-order valence-corrected chi connectivity index (χ1v) is 11.7. The van der Waals surface area contributed by atoms with Crippen LogP contribution in [0.25, 0.3) is 0 Å². The highest BCUT2D eigenvalue weighted by Crippen LogP contribution is 2.25. The van der Waals surface area contributed by atoms with Crippen LogP contribution < -0.4 is 15.8 Å². The van der Waals surface area contributed by atoms with Crippen LogP contribution in [0.2, 0.25) is 5.02 Å². The zero-order valence-corrected chi connectivity index (χ0v) is 18.1. The first-order chi connectivity index (χ1) is 14.3. The molecule has 30 heavy (non-hydrogen) atoms. The van der Waals surface area contributed by atoms with Gasteiger partial charge in [0.1, 0.15) is 24.0 Å². The molecule has 4 N–H and O–H groups in total. The van der Waals surface area contributed by atoms with Crippen molar-refractivity contribution >= 4 is 50.7 Å². The SMILES string of the molecule is CSc1ccc(S(N)(=O)=O)cc1CNc1cc(Nc2ccc(C#N)c(Cl)c2)ncn1. The van der Waals surface area contributed by atoms with E-state index in [1.807, 2.05) is 12.3 Å². The number of hydrogen-bond donors (Lipinski definition) is 3. The number of aromatic nitrogens is 2. The number of nitrogens with zero attached hydrogens (tertiary/aromatic N) is 3. The first kappa shape index (κ1) is 21.9. The molecule has 3 rings (SSSR count). The summed E-state index contributed by atoms with van der Waals surface area (Å²) in [6.07, 6.45) is 3.30. The van der Waals surface area contributed by atoms with Crippen molar-refractivity contribution in [3.8, 4) is 6.07 Å². The monoisotopic (exact) mass is 460 g/mol. The molecular formula is C19H17ClN6O2S2. The van der Waals surface area contributed by atoms with E-state index in [4.69, 9.17) is 22.0 Å². The summed E-state index contributed by atoms with van der Waals surface area (Å²) in [6.45, 7) is 0.346. The summed E-state index contributed by atoms with van der Waals surface area (Å²) in [6, 6.07) is 13.5. The highest BCUT2D eigenvalue weighted by Gasteiger charge is 2.12. The molecule has 154 valence electrons. The van der Waals surface area contributed by atoms with Gasteiger partial charge in [0.2, 0.25) is 10.0 Å². The number of halogens is 1. The van der Waals surface area contributed by atoms with Gasteiger partial charge >= 0.3 is 0 Å². The number of nitriles is 1. The van der Waals surface area contributed by atoms with E-state index in [1.54, 1.807) is 36.4 Å². The van der Waals surface area contributed by atoms with E-state index in [9.17, 15) is 8.42 Å². The second kappa shape index (κ2) is 9.32. The molecule has 0 aliphatic carbocycles. The Labute approximate surface area is 183 Å². The largest absolute Gasteiger partial charge is 0.366 e. The first-order valence-electron chi connectivity index (χ1n) is 8.52. The van der Waals surface area contributed by atoms with Gasteiger partial charge in [-0.15, -0.1) is 11.8 Å².